The zero-order valence-electron chi connectivity index (χ0n) is 5.87. The highest BCUT2D eigenvalue weighted by atomic mass is 32.2. The molecule has 2 heteroatoms. The average Bonchev–Trinajstić information content (AvgIpc) is 1.94. The molecule has 0 unspecified atom stereocenters. The lowest BCUT2D eigenvalue weighted by Gasteiger charge is -1.97. The molecular weight excluding hydrogens is 142 g/mol. The quantitative estimate of drug-likeness (QED) is 0.603. The molecule has 10 heavy (non-hydrogen) atoms. The Hall–Kier alpha value is -0.760. The van der Waals surface area contributed by atoms with E-state index < -0.39 is 0 Å². The summed E-state index contributed by atoms with van der Waals surface area (Å²) >= 11 is 1.60. The Morgan fingerprint density at radius 1 is 1.70 bits per heavy atom. The molecule has 1 heterocycles. The molecular formula is C8H9NS. The van der Waals surface area contributed by atoms with Crippen molar-refractivity contribution in [2.45, 2.75) is 11.8 Å². The molecule has 1 rings (SSSR count). The molecule has 0 saturated carbocycles. The van der Waals surface area contributed by atoms with Crippen LogP contribution in [0.3, 0.4) is 0 Å². The van der Waals surface area contributed by atoms with Gasteiger partial charge in [0.05, 0.1) is 0 Å². The fourth-order valence-corrected chi connectivity index (χ4v) is 1.22. The monoisotopic (exact) mass is 151 g/mol. The predicted molar refractivity (Wildman–Crippen MR) is 45.0 cm³/mol. The van der Waals surface area contributed by atoms with E-state index in [4.69, 9.17) is 0 Å². The van der Waals surface area contributed by atoms with E-state index in [-0.39, 0.29) is 0 Å². The van der Waals surface area contributed by atoms with Gasteiger partial charge < -0.3 is 0 Å². The number of rotatable bonds is 2. The maximum Gasteiger partial charge on any atom is 0.0409 e. The first-order chi connectivity index (χ1) is 4.84. The van der Waals surface area contributed by atoms with Gasteiger partial charge in [-0.15, -0.1) is 0 Å². The molecule has 1 aromatic heterocycles. The Labute approximate surface area is 65.2 Å². The molecule has 1 nitrogen and oxygen atoms in total. The molecule has 0 spiro atoms. The van der Waals surface area contributed by atoms with Gasteiger partial charge in [0.1, 0.15) is 0 Å². The molecule has 0 aliphatic carbocycles. The van der Waals surface area contributed by atoms with Crippen molar-refractivity contribution in [1.29, 1.82) is 0 Å². The van der Waals surface area contributed by atoms with Crippen molar-refractivity contribution in [2.75, 3.05) is 0 Å². The van der Waals surface area contributed by atoms with E-state index in [2.05, 4.69) is 18.5 Å². The molecule has 0 fully saturated rings. The Bertz CT molecular complexity index is 232. The number of thioether (sulfide) groups is 1. The highest BCUT2D eigenvalue weighted by Crippen LogP contribution is 2.20. The first-order valence-electron chi connectivity index (χ1n) is 3.03. The summed E-state index contributed by atoms with van der Waals surface area (Å²) in [6.45, 7) is 5.70. The third-order valence-corrected chi connectivity index (χ3v) is 2.05. The molecule has 0 aromatic carbocycles. The van der Waals surface area contributed by atoms with E-state index >= 15 is 0 Å². The van der Waals surface area contributed by atoms with Crippen LogP contribution in [-0.4, -0.2) is 4.98 Å². The van der Waals surface area contributed by atoms with E-state index in [0.717, 1.165) is 0 Å². The maximum atomic E-state index is 4.00. The molecule has 52 valence electrons. The summed E-state index contributed by atoms with van der Waals surface area (Å²) in [6.07, 6.45) is 3.64. The lowest BCUT2D eigenvalue weighted by Crippen LogP contribution is -1.77. The van der Waals surface area contributed by atoms with E-state index in [9.17, 15) is 0 Å². The Morgan fingerprint density at radius 2 is 2.50 bits per heavy atom. The highest BCUT2D eigenvalue weighted by molar-refractivity contribution is 8.02. The summed E-state index contributed by atoms with van der Waals surface area (Å²) in [4.78, 5) is 5.17. The zero-order valence-corrected chi connectivity index (χ0v) is 6.69. The number of hydrogen-bond donors (Lipinski definition) is 0. The minimum Gasteiger partial charge on any atom is -0.264 e. The summed E-state index contributed by atoms with van der Waals surface area (Å²) in [5.41, 5.74) is 1.25. The lowest BCUT2D eigenvalue weighted by molar-refractivity contribution is 1.18. The van der Waals surface area contributed by atoms with Gasteiger partial charge in [0.2, 0.25) is 0 Å². The Morgan fingerprint density at radius 3 is 3.10 bits per heavy atom. The fraction of sp³-hybridized carbons (Fsp3) is 0.125. The number of hydrogen-bond acceptors (Lipinski definition) is 2. The third-order valence-electron chi connectivity index (χ3n) is 1.20. The van der Waals surface area contributed by atoms with E-state index in [0.29, 0.717) is 0 Å². The number of pyridine rings is 1. The molecule has 0 radical (unpaired) electrons. The van der Waals surface area contributed by atoms with Gasteiger partial charge in [0.15, 0.2) is 0 Å². The summed E-state index contributed by atoms with van der Waals surface area (Å²) in [6, 6.07) is 1.99. The van der Waals surface area contributed by atoms with Gasteiger partial charge in [-0.1, -0.05) is 18.3 Å². The fourth-order valence-electron chi connectivity index (χ4n) is 0.663. The van der Waals surface area contributed by atoms with Crippen LogP contribution in [0.4, 0.5) is 0 Å². The van der Waals surface area contributed by atoms with Crippen LogP contribution < -0.4 is 0 Å². The van der Waals surface area contributed by atoms with Gasteiger partial charge in [-0.2, -0.15) is 0 Å². The summed E-state index contributed by atoms with van der Waals surface area (Å²) in [5, 5.41) is 1.81. The van der Waals surface area contributed by atoms with Crippen LogP contribution in [-0.2, 0) is 0 Å². The molecule has 1 aromatic rings. The van der Waals surface area contributed by atoms with Crippen molar-refractivity contribution in [3.05, 3.63) is 36.0 Å². The second-order valence-corrected chi connectivity index (χ2v) is 2.93. The van der Waals surface area contributed by atoms with Gasteiger partial charge in [0.25, 0.3) is 0 Å². The van der Waals surface area contributed by atoms with Crippen LogP contribution in [0.5, 0.6) is 0 Å². The number of nitrogens with zero attached hydrogens (tertiary/aromatic N) is 1. The molecule has 0 bridgehead atoms. The van der Waals surface area contributed by atoms with Crippen molar-refractivity contribution in [1.82, 2.24) is 4.98 Å². The number of aromatic nitrogens is 1. The Kier molecular flexibility index (Phi) is 2.51. The second-order valence-electron chi connectivity index (χ2n) is 1.93. The highest BCUT2D eigenvalue weighted by Gasteiger charge is 1.92. The van der Waals surface area contributed by atoms with Crippen LogP contribution >= 0.6 is 11.8 Å². The predicted octanol–water partition coefficient (Wildman–Crippen LogP) is 2.63. The first-order valence-corrected chi connectivity index (χ1v) is 3.90. The molecule has 0 atom stereocenters. The molecule has 0 aliphatic heterocycles. The summed E-state index contributed by atoms with van der Waals surface area (Å²) in [7, 11) is 0. The number of aryl methyl sites for hydroxylation is 1. The largest absolute Gasteiger partial charge is 0.264 e. The minimum atomic E-state index is 1.18. The van der Waals surface area contributed by atoms with Crippen LogP contribution in [0.2, 0.25) is 0 Å². The van der Waals surface area contributed by atoms with Crippen molar-refractivity contribution in [3.8, 4) is 0 Å². The van der Waals surface area contributed by atoms with E-state index in [1.807, 2.05) is 17.7 Å². The van der Waals surface area contributed by atoms with Gasteiger partial charge in [-0.3, -0.25) is 4.98 Å². The van der Waals surface area contributed by atoms with Gasteiger partial charge in [-0.25, -0.2) is 0 Å². The zero-order chi connectivity index (χ0) is 7.40. The molecule has 0 amide bonds. The van der Waals surface area contributed by atoms with Crippen LogP contribution in [0.1, 0.15) is 5.56 Å². The van der Waals surface area contributed by atoms with Crippen molar-refractivity contribution in [2.24, 2.45) is 0 Å². The van der Waals surface area contributed by atoms with Crippen LogP contribution in [0.15, 0.2) is 35.3 Å². The molecule has 0 aliphatic rings. The van der Waals surface area contributed by atoms with E-state index in [1.54, 1.807) is 18.0 Å². The SMILES string of the molecule is C=CSc1cnccc1C. The topological polar surface area (TPSA) is 12.9 Å². The average molecular weight is 151 g/mol. The van der Waals surface area contributed by atoms with Gasteiger partial charge in [-0.05, 0) is 24.0 Å². The van der Waals surface area contributed by atoms with Gasteiger partial charge in [0, 0.05) is 17.3 Å². The Balaban J connectivity index is 2.91. The third kappa shape index (κ3) is 1.61. The van der Waals surface area contributed by atoms with Crippen molar-refractivity contribution in [3.63, 3.8) is 0 Å². The normalized spacial score (nSPS) is 9.30. The van der Waals surface area contributed by atoms with Crippen molar-refractivity contribution < 1.29 is 0 Å². The lowest BCUT2D eigenvalue weighted by atomic mass is 10.3. The van der Waals surface area contributed by atoms with Crippen LogP contribution in [0.25, 0.3) is 0 Å². The summed E-state index contributed by atoms with van der Waals surface area (Å²) in [5.74, 6) is 0. The standard InChI is InChI=1S/C8H9NS/c1-3-10-8-6-9-5-4-7(8)2/h3-6H,1H2,2H3. The molecule has 0 N–H and O–H groups in total. The van der Waals surface area contributed by atoms with Crippen LogP contribution in [0, 0.1) is 6.92 Å². The smallest absolute Gasteiger partial charge is 0.0409 e. The maximum absolute atomic E-state index is 4.00. The second kappa shape index (κ2) is 3.42. The first kappa shape index (κ1) is 7.35. The minimum absolute atomic E-state index is 1.18. The summed E-state index contributed by atoms with van der Waals surface area (Å²) < 4.78 is 0. The van der Waals surface area contributed by atoms with Crippen molar-refractivity contribution >= 4 is 11.8 Å². The molecule has 0 saturated heterocycles. The van der Waals surface area contributed by atoms with Gasteiger partial charge >= 0.3 is 0 Å². The van der Waals surface area contributed by atoms with E-state index in [1.165, 1.54) is 10.5 Å².